The van der Waals surface area contributed by atoms with Crippen LogP contribution < -0.4 is 5.32 Å². The van der Waals surface area contributed by atoms with E-state index >= 15 is 0 Å². The summed E-state index contributed by atoms with van der Waals surface area (Å²) in [6.07, 6.45) is 1.16. The molecule has 0 saturated heterocycles. The summed E-state index contributed by atoms with van der Waals surface area (Å²) in [7, 11) is -3.23. The van der Waals surface area contributed by atoms with Gasteiger partial charge in [-0.15, -0.1) is 5.10 Å². The molecule has 0 aliphatic carbocycles. The Bertz CT molecular complexity index is 1010. The summed E-state index contributed by atoms with van der Waals surface area (Å²) in [5.41, 5.74) is 2.35. The molecule has 1 amide bonds. The second-order valence-corrected chi connectivity index (χ2v) is 7.88. The number of benzene rings is 2. The number of rotatable bonds is 5. The van der Waals surface area contributed by atoms with Crippen LogP contribution in [-0.2, 0) is 21.2 Å². The number of sulfone groups is 1. The molecule has 0 aliphatic heterocycles. The Morgan fingerprint density at radius 3 is 2.52 bits per heavy atom. The number of para-hydroxylation sites is 1. The van der Waals surface area contributed by atoms with E-state index in [1.807, 2.05) is 31.2 Å². The number of fused-ring (bicyclic) bond motifs is 1. The summed E-state index contributed by atoms with van der Waals surface area (Å²) in [5, 5.41) is 10.9. The molecule has 3 rings (SSSR count). The Balaban J connectivity index is 1.68. The maximum Gasteiger partial charge on any atom is 0.242 e. The maximum atomic E-state index is 12.3. The first-order valence-electron chi connectivity index (χ1n) is 7.72. The molecule has 0 unspecified atom stereocenters. The average Bonchev–Trinajstić information content (AvgIpc) is 2.97. The highest BCUT2D eigenvalue weighted by Gasteiger charge is 2.13. The van der Waals surface area contributed by atoms with Crippen molar-refractivity contribution in [2.24, 2.45) is 0 Å². The van der Waals surface area contributed by atoms with Gasteiger partial charge >= 0.3 is 0 Å². The molecular formula is C17H18N4O3S. The van der Waals surface area contributed by atoms with E-state index in [-0.39, 0.29) is 23.4 Å². The number of carbonyl (C=O) groups excluding carboxylic acids is 1. The second-order valence-electron chi connectivity index (χ2n) is 5.87. The molecule has 1 atom stereocenters. The van der Waals surface area contributed by atoms with Crippen molar-refractivity contribution < 1.29 is 13.2 Å². The zero-order valence-corrected chi connectivity index (χ0v) is 14.7. The lowest BCUT2D eigenvalue weighted by Crippen LogP contribution is -2.30. The summed E-state index contributed by atoms with van der Waals surface area (Å²) in [4.78, 5) is 12.5. The summed E-state index contributed by atoms with van der Waals surface area (Å²) in [6.45, 7) is 1.90. The summed E-state index contributed by atoms with van der Waals surface area (Å²) >= 11 is 0. The van der Waals surface area contributed by atoms with Crippen molar-refractivity contribution in [2.45, 2.75) is 24.4 Å². The van der Waals surface area contributed by atoms with Gasteiger partial charge in [0.25, 0.3) is 0 Å². The molecule has 8 heteroatoms. The Morgan fingerprint density at radius 2 is 1.84 bits per heavy atom. The van der Waals surface area contributed by atoms with Crippen LogP contribution in [0.2, 0.25) is 0 Å². The minimum Gasteiger partial charge on any atom is -0.348 e. The second kappa shape index (κ2) is 6.64. The fourth-order valence-electron chi connectivity index (χ4n) is 2.54. The number of aromatic nitrogens is 3. The van der Waals surface area contributed by atoms with Crippen LogP contribution >= 0.6 is 0 Å². The molecule has 0 fully saturated rings. The van der Waals surface area contributed by atoms with Crippen molar-refractivity contribution in [1.82, 2.24) is 20.3 Å². The fourth-order valence-corrected chi connectivity index (χ4v) is 3.17. The lowest BCUT2D eigenvalue weighted by atomic mass is 10.1. The van der Waals surface area contributed by atoms with Crippen LogP contribution in [0.4, 0.5) is 0 Å². The van der Waals surface area contributed by atoms with Gasteiger partial charge in [0.1, 0.15) is 12.1 Å². The van der Waals surface area contributed by atoms with Crippen LogP contribution in [0.25, 0.3) is 11.0 Å². The third-order valence-corrected chi connectivity index (χ3v) is 5.03. The minimum absolute atomic E-state index is 0.0618. The minimum atomic E-state index is -3.23. The van der Waals surface area contributed by atoms with Gasteiger partial charge in [0.15, 0.2) is 9.84 Å². The number of nitrogens with zero attached hydrogens (tertiary/aromatic N) is 3. The highest BCUT2D eigenvalue weighted by molar-refractivity contribution is 7.90. The van der Waals surface area contributed by atoms with Crippen molar-refractivity contribution in [3.63, 3.8) is 0 Å². The quantitative estimate of drug-likeness (QED) is 0.749. The first-order valence-corrected chi connectivity index (χ1v) is 9.61. The van der Waals surface area contributed by atoms with Gasteiger partial charge in [0, 0.05) is 6.26 Å². The lowest BCUT2D eigenvalue weighted by Gasteiger charge is -2.15. The average molecular weight is 358 g/mol. The standard InChI is InChI=1S/C17H18N4O3S/c1-12(13-7-9-14(10-8-13)25(2,23)24)18-17(22)11-21-16-6-4-3-5-15(16)19-20-21/h3-10,12H,11H2,1-2H3,(H,18,22)/t12-/m0/s1. The van der Waals surface area contributed by atoms with Crippen molar-refractivity contribution in [1.29, 1.82) is 0 Å². The Labute approximate surface area is 145 Å². The predicted molar refractivity (Wildman–Crippen MR) is 93.6 cm³/mol. The molecule has 0 bridgehead atoms. The highest BCUT2D eigenvalue weighted by atomic mass is 32.2. The van der Waals surface area contributed by atoms with Gasteiger partial charge in [-0.25, -0.2) is 13.1 Å². The first kappa shape index (κ1) is 17.1. The van der Waals surface area contributed by atoms with E-state index < -0.39 is 9.84 Å². The first-order chi connectivity index (χ1) is 11.8. The molecule has 25 heavy (non-hydrogen) atoms. The number of amides is 1. The van der Waals surface area contributed by atoms with E-state index in [1.165, 1.54) is 12.1 Å². The van der Waals surface area contributed by atoms with Crippen LogP contribution in [0.15, 0.2) is 53.4 Å². The third kappa shape index (κ3) is 3.85. The number of hydrogen-bond acceptors (Lipinski definition) is 5. The molecule has 3 aromatic rings. The summed E-state index contributed by atoms with van der Waals surface area (Å²) in [6, 6.07) is 13.7. The van der Waals surface area contributed by atoms with Crippen molar-refractivity contribution in [2.75, 3.05) is 6.26 Å². The molecule has 0 spiro atoms. The molecule has 130 valence electrons. The van der Waals surface area contributed by atoms with E-state index in [9.17, 15) is 13.2 Å². The Morgan fingerprint density at radius 1 is 1.16 bits per heavy atom. The fraction of sp³-hybridized carbons (Fsp3) is 0.235. The summed E-state index contributed by atoms with van der Waals surface area (Å²) < 4.78 is 24.5. The van der Waals surface area contributed by atoms with Gasteiger partial charge < -0.3 is 5.32 Å². The van der Waals surface area contributed by atoms with E-state index in [0.717, 1.165) is 22.9 Å². The molecule has 0 saturated carbocycles. The molecule has 0 radical (unpaired) electrons. The van der Waals surface area contributed by atoms with E-state index in [1.54, 1.807) is 16.8 Å². The van der Waals surface area contributed by atoms with Crippen molar-refractivity contribution in [3.05, 3.63) is 54.1 Å². The highest BCUT2D eigenvalue weighted by Crippen LogP contribution is 2.16. The van der Waals surface area contributed by atoms with Gasteiger partial charge in [-0.05, 0) is 36.8 Å². The normalized spacial score (nSPS) is 12.9. The van der Waals surface area contributed by atoms with Crippen LogP contribution in [0.5, 0.6) is 0 Å². The van der Waals surface area contributed by atoms with E-state index in [4.69, 9.17) is 0 Å². The molecule has 2 aromatic carbocycles. The zero-order chi connectivity index (χ0) is 18.0. The van der Waals surface area contributed by atoms with Crippen LogP contribution in [0.1, 0.15) is 18.5 Å². The third-order valence-electron chi connectivity index (χ3n) is 3.90. The molecule has 1 N–H and O–H groups in total. The molecular weight excluding hydrogens is 340 g/mol. The van der Waals surface area contributed by atoms with Crippen molar-refractivity contribution >= 4 is 26.8 Å². The molecule has 7 nitrogen and oxygen atoms in total. The van der Waals surface area contributed by atoms with Gasteiger partial charge in [-0.3, -0.25) is 4.79 Å². The van der Waals surface area contributed by atoms with Crippen LogP contribution in [-0.4, -0.2) is 35.6 Å². The van der Waals surface area contributed by atoms with Crippen molar-refractivity contribution in [3.8, 4) is 0 Å². The predicted octanol–water partition coefficient (Wildman–Crippen LogP) is 1.71. The molecule has 1 heterocycles. The monoisotopic (exact) mass is 358 g/mol. The number of nitrogens with one attached hydrogen (secondary N) is 1. The van der Waals surface area contributed by atoms with Crippen LogP contribution in [0, 0.1) is 0 Å². The number of carbonyl (C=O) groups is 1. The van der Waals surface area contributed by atoms with Crippen LogP contribution in [0.3, 0.4) is 0 Å². The summed E-state index contributed by atoms with van der Waals surface area (Å²) in [5.74, 6) is -0.199. The smallest absolute Gasteiger partial charge is 0.242 e. The lowest BCUT2D eigenvalue weighted by molar-refractivity contribution is -0.122. The maximum absolute atomic E-state index is 12.3. The Hall–Kier alpha value is -2.74. The topological polar surface area (TPSA) is 93.9 Å². The largest absolute Gasteiger partial charge is 0.348 e. The number of hydrogen-bond donors (Lipinski definition) is 1. The molecule has 0 aliphatic rings. The van der Waals surface area contributed by atoms with E-state index in [0.29, 0.717) is 0 Å². The van der Waals surface area contributed by atoms with Gasteiger partial charge in [-0.1, -0.05) is 29.5 Å². The van der Waals surface area contributed by atoms with Gasteiger partial charge in [-0.2, -0.15) is 0 Å². The molecule has 1 aromatic heterocycles. The van der Waals surface area contributed by atoms with Gasteiger partial charge in [0.05, 0.1) is 16.5 Å². The van der Waals surface area contributed by atoms with Gasteiger partial charge in [0.2, 0.25) is 5.91 Å². The van der Waals surface area contributed by atoms with E-state index in [2.05, 4.69) is 15.6 Å². The zero-order valence-electron chi connectivity index (χ0n) is 13.9. The Kier molecular flexibility index (Phi) is 4.54. The SMILES string of the molecule is C[C@H](NC(=O)Cn1nnc2ccccc21)c1ccc(S(C)(=O)=O)cc1.